The summed E-state index contributed by atoms with van der Waals surface area (Å²) < 4.78 is 26.7. The number of ether oxygens (including phenoxy) is 2. The summed E-state index contributed by atoms with van der Waals surface area (Å²) in [7, 11) is 2.99. The lowest BCUT2D eigenvalue weighted by molar-refractivity contribution is -0.160. The van der Waals surface area contributed by atoms with Crippen LogP contribution in [0.3, 0.4) is 0 Å². The van der Waals surface area contributed by atoms with E-state index in [0.717, 1.165) is 11.1 Å². The van der Waals surface area contributed by atoms with Gasteiger partial charge in [-0.2, -0.15) is 5.10 Å². The Labute approximate surface area is 202 Å². The van der Waals surface area contributed by atoms with Gasteiger partial charge in [-0.15, -0.1) is 0 Å². The third-order valence-electron chi connectivity index (χ3n) is 6.65. The first-order chi connectivity index (χ1) is 16.8. The van der Waals surface area contributed by atoms with Crippen LogP contribution in [0.1, 0.15) is 18.4 Å². The summed E-state index contributed by atoms with van der Waals surface area (Å²) in [6, 6.07) is 5.00. The van der Waals surface area contributed by atoms with Crippen molar-refractivity contribution in [3.8, 4) is 11.4 Å². The van der Waals surface area contributed by atoms with E-state index in [-0.39, 0.29) is 19.0 Å². The lowest BCUT2D eigenvalue weighted by Gasteiger charge is -2.29. The van der Waals surface area contributed by atoms with E-state index in [0.29, 0.717) is 57.0 Å². The number of halogens is 1. The lowest BCUT2D eigenvalue weighted by atomic mass is 9.98. The predicted octanol–water partition coefficient (Wildman–Crippen LogP) is 1.52. The molecule has 2 aliphatic rings. The van der Waals surface area contributed by atoms with Crippen LogP contribution in [-0.4, -0.2) is 101 Å². The average Bonchev–Trinajstić information content (AvgIpc) is 3.50. The van der Waals surface area contributed by atoms with E-state index < -0.39 is 17.4 Å². The van der Waals surface area contributed by atoms with Crippen LogP contribution in [0.25, 0.3) is 17.0 Å². The van der Waals surface area contributed by atoms with Crippen molar-refractivity contribution in [1.82, 2.24) is 24.6 Å². The number of aromatic nitrogens is 3. The molecular formula is C24H30FN5O5. The van der Waals surface area contributed by atoms with Gasteiger partial charge in [0.1, 0.15) is 12.1 Å². The molecular weight excluding hydrogens is 457 g/mol. The van der Waals surface area contributed by atoms with Crippen LogP contribution in [0.4, 0.5) is 4.39 Å². The smallest absolute Gasteiger partial charge is 0.337 e. The molecule has 0 bridgehead atoms. The molecule has 188 valence electrons. The Hall–Kier alpha value is -3.15. The first-order valence-corrected chi connectivity index (χ1v) is 11.5. The van der Waals surface area contributed by atoms with Gasteiger partial charge in [0, 0.05) is 46.8 Å². The van der Waals surface area contributed by atoms with E-state index in [1.54, 1.807) is 29.1 Å². The highest BCUT2D eigenvalue weighted by atomic mass is 19.1. The maximum absolute atomic E-state index is 14.9. The van der Waals surface area contributed by atoms with Gasteiger partial charge in [0.05, 0.1) is 25.3 Å². The van der Waals surface area contributed by atoms with E-state index in [1.165, 1.54) is 13.2 Å². The minimum atomic E-state index is -1.25. The van der Waals surface area contributed by atoms with Gasteiger partial charge < -0.3 is 19.5 Å². The number of benzene rings is 1. The molecule has 10 nitrogen and oxygen atoms in total. The van der Waals surface area contributed by atoms with Crippen molar-refractivity contribution in [3.63, 3.8) is 0 Å². The van der Waals surface area contributed by atoms with Gasteiger partial charge in [-0.1, -0.05) is 12.1 Å². The van der Waals surface area contributed by atoms with Crippen LogP contribution in [0.15, 0.2) is 30.6 Å². The SMILES string of the molecule is COCCn1cnc(-c2ccc(C3=CCN(C(=O)CN4CC[C@@](OC)(C(=O)O)C4)CC3)cc2F)n1. The minimum absolute atomic E-state index is 0.0609. The van der Waals surface area contributed by atoms with Crippen molar-refractivity contribution in [2.45, 2.75) is 25.0 Å². The van der Waals surface area contributed by atoms with E-state index in [4.69, 9.17) is 9.47 Å². The van der Waals surface area contributed by atoms with Crippen LogP contribution in [0.5, 0.6) is 0 Å². The zero-order valence-corrected chi connectivity index (χ0v) is 19.9. The molecule has 2 aromatic rings. The normalized spacial score (nSPS) is 20.8. The number of carboxylic acid groups (broad SMARTS) is 1. The zero-order chi connectivity index (χ0) is 25.0. The van der Waals surface area contributed by atoms with Crippen LogP contribution >= 0.6 is 0 Å². The number of hydrogen-bond donors (Lipinski definition) is 1. The number of rotatable bonds is 9. The number of carboxylic acids is 1. The van der Waals surface area contributed by atoms with Gasteiger partial charge in [-0.05, 0) is 29.7 Å². The average molecular weight is 488 g/mol. The van der Waals surface area contributed by atoms with Crippen molar-refractivity contribution in [1.29, 1.82) is 0 Å². The minimum Gasteiger partial charge on any atom is -0.479 e. The molecule has 11 heteroatoms. The fraction of sp³-hybridized carbons (Fsp3) is 0.500. The lowest BCUT2D eigenvalue weighted by Crippen LogP contribution is -2.46. The molecule has 0 aliphatic carbocycles. The van der Waals surface area contributed by atoms with E-state index in [9.17, 15) is 19.1 Å². The molecule has 1 aromatic heterocycles. The summed E-state index contributed by atoms with van der Waals surface area (Å²) in [6.45, 7) is 2.79. The highest BCUT2D eigenvalue weighted by Crippen LogP contribution is 2.28. The Morgan fingerprint density at radius 1 is 1.26 bits per heavy atom. The van der Waals surface area contributed by atoms with Gasteiger partial charge in [-0.25, -0.2) is 14.2 Å². The first-order valence-electron chi connectivity index (χ1n) is 11.5. The van der Waals surface area contributed by atoms with Gasteiger partial charge in [0.25, 0.3) is 0 Å². The molecule has 1 saturated heterocycles. The highest BCUT2D eigenvalue weighted by molar-refractivity contribution is 5.81. The fourth-order valence-electron chi connectivity index (χ4n) is 4.48. The van der Waals surface area contributed by atoms with Gasteiger partial charge >= 0.3 is 5.97 Å². The highest BCUT2D eigenvalue weighted by Gasteiger charge is 2.45. The standard InChI is InChI=1S/C24H30FN5O5/c1-34-12-11-30-16-26-22(27-30)19-4-3-18(13-20(19)25)17-5-8-29(9-6-17)21(31)14-28-10-7-24(15-28,35-2)23(32)33/h3-5,13,16H,6-12,14-15H2,1-2H3,(H,32,33)/t24-/m0/s1. The summed E-state index contributed by atoms with van der Waals surface area (Å²) in [5, 5.41) is 13.7. The number of methoxy groups -OCH3 is 2. The Morgan fingerprint density at radius 3 is 2.71 bits per heavy atom. The Kier molecular flexibility index (Phi) is 7.58. The molecule has 1 N–H and O–H groups in total. The molecule has 1 atom stereocenters. The van der Waals surface area contributed by atoms with E-state index in [1.807, 2.05) is 17.0 Å². The van der Waals surface area contributed by atoms with Crippen LogP contribution < -0.4 is 0 Å². The Bertz CT molecular complexity index is 1120. The van der Waals surface area contributed by atoms with Crippen molar-refractivity contribution in [3.05, 3.63) is 42.0 Å². The predicted molar refractivity (Wildman–Crippen MR) is 125 cm³/mol. The molecule has 0 spiro atoms. The molecule has 0 unspecified atom stereocenters. The second-order valence-electron chi connectivity index (χ2n) is 8.80. The topological polar surface area (TPSA) is 110 Å². The maximum atomic E-state index is 14.9. The molecule has 35 heavy (non-hydrogen) atoms. The molecule has 0 radical (unpaired) electrons. The number of aliphatic carboxylic acids is 1. The Balaban J connectivity index is 1.36. The number of carbonyl (C=O) groups is 2. The molecule has 1 fully saturated rings. The first kappa shape index (κ1) is 25.0. The number of carbonyl (C=O) groups excluding carboxylic acids is 1. The van der Waals surface area contributed by atoms with Crippen molar-refractivity contribution >= 4 is 17.4 Å². The summed E-state index contributed by atoms with van der Waals surface area (Å²) >= 11 is 0. The number of likely N-dealkylation sites (tertiary alicyclic amines) is 1. The largest absolute Gasteiger partial charge is 0.479 e. The molecule has 4 rings (SSSR count). The molecule has 0 saturated carbocycles. The monoisotopic (exact) mass is 487 g/mol. The van der Waals surface area contributed by atoms with E-state index >= 15 is 0 Å². The summed E-state index contributed by atoms with van der Waals surface area (Å²) in [4.78, 5) is 32.0. The van der Waals surface area contributed by atoms with Crippen molar-refractivity contribution in [2.24, 2.45) is 0 Å². The van der Waals surface area contributed by atoms with Crippen molar-refractivity contribution < 1.29 is 28.6 Å². The molecule has 1 amide bonds. The fourth-order valence-corrected chi connectivity index (χ4v) is 4.48. The summed E-state index contributed by atoms with van der Waals surface area (Å²) in [5.41, 5.74) is 0.826. The molecule has 3 heterocycles. The van der Waals surface area contributed by atoms with Crippen LogP contribution in [-0.2, 0) is 25.6 Å². The zero-order valence-electron chi connectivity index (χ0n) is 19.9. The number of nitrogens with zero attached hydrogens (tertiary/aromatic N) is 5. The van der Waals surface area contributed by atoms with Gasteiger partial charge in [0.15, 0.2) is 11.4 Å². The number of hydrogen-bond acceptors (Lipinski definition) is 7. The van der Waals surface area contributed by atoms with Gasteiger partial charge in [-0.3, -0.25) is 14.4 Å². The second-order valence-corrected chi connectivity index (χ2v) is 8.80. The second kappa shape index (κ2) is 10.6. The number of amides is 1. The maximum Gasteiger partial charge on any atom is 0.337 e. The molecule has 1 aromatic carbocycles. The third-order valence-corrected chi connectivity index (χ3v) is 6.65. The summed E-state index contributed by atoms with van der Waals surface area (Å²) in [6.07, 6.45) is 4.44. The quantitative estimate of drug-likeness (QED) is 0.567. The van der Waals surface area contributed by atoms with Crippen LogP contribution in [0, 0.1) is 5.82 Å². The molecule has 2 aliphatic heterocycles. The third kappa shape index (κ3) is 5.42. The van der Waals surface area contributed by atoms with E-state index in [2.05, 4.69) is 10.1 Å². The van der Waals surface area contributed by atoms with Crippen LogP contribution in [0.2, 0.25) is 0 Å². The Morgan fingerprint density at radius 2 is 2.09 bits per heavy atom. The van der Waals surface area contributed by atoms with Crippen molar-refractivity contribution in [2.75, 3.05) is 53.6 Å². The van der Waals surface area contributed by atoms with Gasteiger partial charge in [0.2, 0.25) is 5.91 Å². The summed E-state index contributed by atoms with van der Waals surface area (Å²) in [5.74, 6) is -1.15.